The van der Waals surface area contributed by atoms with Gasteiger partial charge in [-0.2, -0.15) is 5.10 Å². The molecule has 0 unspecified atom stereocenters. The molecule has 0 aliphatic carbocycles. The van der Waals surface area contributed by atoms with E-state index in [9.17, 15) is 9.90 Å². The maximum atomic E-state index is 12.0. The van der Waals surface area contributed by atoms with Crippen LogP contribution in [-0.2, 0) is 12.6 Å². The second-order valence-corrected chi connectivity index (χ2v) is 5.16. The summed E-state index contributed by atoms with van der Waals surface area (Å²) in [6.45, 7) is 3.17. The van der Waals surface area contributed by atoms with Crippen molar-refractivity contribution in [1.29, 1.82) is 0 Å². The van der Waals surface area contributed by atoms with Crippen molar-refractivity contribution in [3.8, 4) is 17.0 Å². The van der Waals surface area contributed by atoms with Gasteiger partial charge in [-0.25, -0.2) is 4.68 Å². The molecule has 1 aromatic carbocycles. The molecule has 0 aliphatic rings. The van der Waals surface area contributed by atoms with E-state index in [2.05, 4.69) is 5.10 Å². The van der Waals surface area contributed by atoms with Gasteiger partial charge in [0.25, 0.3) is 5.56 Å². The molecule has 5 heteroatoms. The van der Waals surface area contributed by atoms with Crippen LogP contribution >= 0.6 is 0 Å². The molecule has 106 valence electrons. The minimum atomic E-state index is -1.21. The predicted octanol–water partition coefficient (Wildman–Crippen LogP) is 1.68. The Kier molecular flexibility index (Phi) is 3.63. The zero-order chi connectivity index (χ0) is 14.9. The maximum Gasteiger partial charge on any atom is 0.272 e. The van der Waals surface area contributed by atoms with Gasteiger partial charge in [0.1, 0.15) is 5.75 Å². The largest absolute Gasteiger partial charge is 0.497 e. The van der Waals surface area contributed by atoms with E-state index in [4.69, 9.17) is 4.74 Å². The number of hydrogen-bond donors (Lipinski definition) is 1. The first-order valence-electron chi connectivity index (χ1n) is 6.28. The molecule has 2 rings (SSSR count). The van der Waals surface area contributed by atoms with E-state index in [1.165, 1.54) is 4.68 Å². The van der Waals surface area contributed by atoms with Gasteiger partial charge in [0.15, 0.2) is 0 Å². The summed E-state index contributed by atoms with van der Waals surface area (Å²) < 4.78 is 6.35. The highest BCUT2D eigenvalue weighted by atomic mass is 16.5. The first-order chi connectivity index (χ1) is 9.32. The molecule has 2 aromatic rings. The van der Waals surface area contributed by atoms with E-state index < -0.39 is 5.60 Å². The van der Waals surface area contributed by atoms with Gasteiger partial charge in [-0.15, -0.1) is 0 Å². The molecule has 20 heavy (non-hydrogen) atoms. The topological polar surface area (TPSA) is 64.3 Å². The van der Waals surface area contributed by atoms with Crippen molar-refractivity contribution in [2.45, 2.75) is 19.4 Å². The molecule has 1 heterocycles. The Morgan fingerprint density at radius 2 is 1.85 bits per heavy atom. The van der Waals surface area contributed by atoms with E-state index in [-0.39, 0.29) is 5.56 Å². The third kappa shape index (κ3) is 2.72. The Morgan fingerprint density at radius 1 is 1.25 bits per heavy atom. The molecule has 5 nitrogen and oxygen atoms in total. The summed E-state index contributed by atoms with van der Waals surface area (Å²) in [4.78, 5) is 12.0. The van der Waals surface area contributed by atoms with Crippen molar-refractivity contribution in [2.75, 3.05) is 7.11 Å². The van der Waals surface area contributed by atoms with Crippen molar-refractivity contribution in [2.24, 2.45) is 7.05 Å². The van der Waals surface area contributed by atoms with Gasteiger partial charge >= 0.3 is 0 Å². The lowest BCUT2D eigenvalue weighted by molar-refractivity contribution is 0.0763. The standard InChI is InChI=1S/C15H18N2O3/c1-15(2,19)12-9-13(16-17(3)14(12)18)10-5-7-11(20-4)8-6-10/h5-9,19H,1-4H3. The lowest BCUT2D eigenvalue weighted by Crippen LogP contribution is -2.32. The Labute approximate surface area is 117 Å². The van der Waals surface area contributed by atoms with E-state index in [1.807, 2.05) is 24.3 Å². The fourth-order valence-electron chi connectivity index (χ4n) is 1.95. The van der Waals surface area contributed by atoms with Crippen LogP contribution in [0.1, 0.15) is 19.4 Å². The normalized spacial score (nSPS) is 11.4. The summed E-state index contributed by atoms with van der Waals surface area (Å²) in [5.74, 6) is 0.751. The number of rotatable bonds is 3. The van der Waals surface area contributed by atoms with Gasteiger partial charge in [0.05, 0.1) is 24.0 Å². The van der Waals surface area contributed by atoms with Gasteiger partial charge in [-0.05, 0) is 44.2 Å². The number of aromatic nitrogens is 2. The quantitative estimate of drug-likeness (QED) is 0.925. The smallest absolute Gasteiger partial charge is 0.272 e. The minimum Gasteiger partial charge on any atom is -0.497 e. The van der Waals surface area contributed by atoms with E-state index in [0.717, 1.165) is 11.3 Å². The molecule has 0 atom stereocenters. The third-order valence-electron chi connectivity index (χ3n) is 3.11. The third-order valence-corrected chi connectivity index (χ3v) is 3.11. The summed E-state index contributed by atoms with van der Waals surface area (Å²) >= 11 is 0. The molecular weight excluding hydrogens is 256 g/mol. The second kappa shape index (κ2) is 5.09. The van der Waals surface area contributed by atoms with Gasteiger partial charge in [-0.1, -0.05) is 0 Å². The molecule has 1 aromatic heterocycles. The summed E-state index contributed by atoms with van der Waals surface area (Å²) in [5, 5.41) is 14.3. The Morgan fingerprint density at radius 3 is 2.35 bits per heavy atom. The molecule has 0 amide bonds. The zero-order valence-corrected chi connectivity index (χ0v) is 12.0. The van der Waals surface area contributed by atoms with Crippen LogP contribution in [0, 0.1) is 0 Å². The fraction of sp³-hybridized carbons (Fsp3) is 0.333. The van der Waals surface area contributed by atoms with Gasteiger partial charge in [0, 0.05) is 12.6 Å². The molecule has 0 bridgehead atoms. The first kappa shape index (κ1) is 14.3. The van der Waals surface area contributed by atoms with E-state index >= 15 is 0 Å². The number of aryl methyl sites for hydroxylation is 1. The monoisotopic (exact) mass is 274 g/mol. The molecule has 1 N–H and O–H groups in total. The first-order valence-corrected chi connectivity index (χ1v) is 6.28. The fourth-order valence-corrected chi connectivity index (χ4v) is 1.95. The molecule has 0 fully saturated rings. The molecule has 0 radical (unpaired) electrons. The lowest BCUT2D eigenvalue weighted by atomic mass is 9.98. The van der Waals surface area contributed by atoms with Crippen LogP contribution in [0.2, 0.25) is 0 Å². The number of hydrogen-bond acceptors (Lipinski definition) is 4. The number of aliphatic hydroxyl groups is 1. The molecule has 0 saturated heterocycles. The van der Waals surface area contributed by atoms with Crippen molar-refractivity contribution >= 4 is 0 Å². The van der Waals surface area contributed by atoms with Crippen LogP contribution in [0.5, 0.6) is 5.75 Å². The van der Waals surface area contributed by atoms with Crippen molar-refractivity contribution in [3.63, 3.8) is 0 Å². The van der Waals surface area contributed by atoms with Crippen molar-refractivity contribution < 1.29 is 9.84 Å². The number of methoxy groups -OCH3 is 1. The second-order valence-electron chi connectivity index (χ2n) is 5.16. The van der Waals surface area contributed by atoms with Crippen molar-refractivity contribution in [3.05, 3.63) is 46.2 Å². The van der Waals surface area contributed by atoms with Crippen LogP contribution < -0.4 is 10.3 Å². The van der Waals surface area contributed by atoms with Crippen LogP contribution in [0.15, 0.2) is 35.1 Å². The van der Waals surface area contributed by atoms with E-state index in [0.29, 0.717) is 11.3 Å². The average molecular weight is 274 g/mol. The Bertz CT molecular complexity index is 667. The van der Waals surface area contributed by atoms with Gasteiger partial charge in [-0.3, -0.25) is 4.79 Å². The summed E-state index contributed by atoms with van der Waals surface area (Å²) in [6, 6.07) is 9.00. The highest BCUT2D eigenvalue weighted by molar-refractivity contribution is 5.60. The Hall–Kier alpha value is -2.14. The minimum absolute atomic E-state index is 0.297. The van der Waals surface area contributed by atoms with Crippen LogP contribution in [0.3, 0.4) is 0 Å². The summed E-state index contributed by atoms with van der Waals surface area (Å²) in [6.07, 6.45) is 0. The molecule has 0 saturated carbocycles. The summed E-state index contributed by atoms with van der Waals surface area (Å²) in [5.41, 5.74) is 0.299. The maximum absolute atomic E-state index is 12.0. The lowest BCUT2D eigenvalue weighted by Gasteiger charge is -2.18. The SMILES string of the molecule is COc1ccc(-c2cc(C(C)(C)O)c(=O)n(C)n2)cc1. The van der Waals surface area contributed by atoms with E-state index in [1.54, 1.807) is 34.1 Å². The Balaban J connectivity index is 2.57. The van der Waals surface area contributed by atoms with Gasteiger partial charge in [0.2, 0.25) is 0 Å². The highest BCUT2D eigenvalue weighted by Gasteiger charge is 2.22. The number of nitrogens with zero attached hydrogens (tertiary/aromatic N) is 2. The van der Waals surface area contributed by atoms with Gasteiger partial charge < -0.3 is 9.84 Å². The average Bonchev–Trinajstić information content (AvgIpc) is 2.40. The summed E-state index contributed by atoms with van der Waals surface area (Å²) in [7, 11) is 3.18. The number of ether oxygens (including phenoxy) is 1. The van der Waals surface area contributed by atoms with Crippen molar-refractivity contribution in [1.82, 2.24) is 9.78 Å². The highest BCUT2D eigenvalue weighted by Crippen LogP contribution is 2.23. The number of benzene rings is 1. The zero-order valence-electron chi connectivity index (χ0n) is 12.0. The van der Waals surface area contributed by atoms with Crippen LogP contribution in [-0.4, -0.2) is 22.0 Å². The molecular formula is C15H18N2O3. The predicted molar refractivity (Wildman–Crippen MR) is 76.7 cm³/mol. The van der Waals surface area contributed by atoms with Crippen LogP contribution in [0.25, 0.3) is 11.3 Å². The molecule has 0 spiro atoms. The molecule has 0 aliphatic heterocycles. The van der Waals surface area contributed by atoms with Crippen LogP contribution in [0.4, 0.5) is 0 Å².